The van der Waals surface area contributed by atoms with E-state index in [0.29, 0.717) is 15.6 Å². The van der Waals surface area contributed by atoms with Crippen LogP contribution in [0.2, 0.25) is 10.0 Å². The first-order valence-corrected chi connectivity index (χ1v) is 6.84. The molecule has 0 aliphatic heterocycles. The number of carbonyl (C=O) groups is 1. The van der Waals surface area contributed by atoms with Crippen molar-refractivity contribution in [2.75, 3.05) is 0 Å². The predicted molar refractivity (Wildman–Crippen MR) is 81.7 cm³/mol. The summed E-state index contributed by atoms with van der Waals surface area (Å²) >= 11 is 11.7. The van der Waals surface area contributed by atoms with Crippen molar-refractivity contribution in [3.63, 3.8) is 0 Å². The molecule has 0 saturated heterocycles. The molecule has 0 aliphatic carbocycles. The Morgan fingerprint density at radius 1 is 1.10 bits per heavy atom. The van der Waals surface area contributed by atoms with Gasteiger partial charge >= 0.3 is 5.97 Å². The van der Waals surface area contributed by atoms with Crippen LogP contribution in [0.4, 0.5) is 4.39 Å². The number of halogens is 3. The summed E-state index contributed by atoms with van der Waals surface area (Å²) in [4.78, 5) is 11.6. The molecule has 0 amide bonds. The summed E-state index contributed by atoms with van der Waals surface area (Å²) in [6.07, 6.45) is 2.87. The molecule has 0 radical (unpaired) electrons. The first-order chi connectivity index (χ1) is 10.0. The molecule has 2 nitrogen and oxygen atoms in total. The van der Waals surface area contributed by atoms with Crippen LogP contribution in [-0.2, 0) is 16.1 Å². The third-order valence-electron chi connectivity index (χ3n) is 2.65. The summed E-state index contributed by atoms with van der Waals surface area (Å²) < 4.78 is 17.8. The maximum absolute atomic E-state index is 12.7. The highest BCUT2D eigenvalue weighted by Crippen LogP contribution is 2.23. The number of benzene rings is 2. The van der Waals surface area contributed by atoms with Crippen molar-refractivity contribution in [1.82, 2.24) is 0 Å². The third kappa shape index (κ3) is 4.88. The van der Waals surface area contributed by atoms with E-state index in [1.54, 1.807) is 36.4 Å². The maximum Gasteiger partial charge on any atom is 0.331 e. The van der Waals surface area contributed by atoms with Crippen LogP contribution < -0.4 is 0 Å². The average molecular weight is 325 g/mol. The van der Waals surface area contributed by atoms with Gasteiger partial charge in [0.05, 0.1) is 10.0 Å². The van der Waals surface area contributed by atoms with Crippen molar-refractivity contribution in [3.05, 3.63) is 75.5 Å². The topological polar surface area (TPSA) is 26.3 Å². The molecule has 0 unspecified atom stereocenters. The fraction of sp³-hybridized carbons (Fsp3) is 0.0625. The van der Waals surface area contributed by atoms with E-state index in [1.807, 2.05) is 0 Å². The first-order valence-electron chi connectivity index (χ1n) is 6.09. The molecule has 0 spiro atoms. The van der Waals surface area contributed by atoms with E-state index in [1.165, 1.54) is 18.2 Å². The molecular formula is C16H11Cl2FO2. The number of ether oxygens (including phenoxy) is 1. The quantitative estimate of drug-likeness (QED) is 0.591. The van der Waals surface area contributed by atoms with Crippen LogP contribution in [0.1, 0.15) is 11.1 Å². The minimum absolute atomic E-state index is 0.0881. The van der Waals surface area contributed by atoms with Crippen molar-refractivity contribution >= 4 is 35.2 Å². The van der Waals surface area contributed by atoms with E-state index in [0.717, 1.165) is 5.56 Å². The van der Waals surface area contributed by atoms with Gasteiger partial charge in [-0.15, -0.1) is 0 Å². The Morgan fingerprint density at radius 3 is 2.48 bits per heavy atom. The van der Waals surface area contributed by atoms with Crippen molar-refractivity contribution < 1.29 is 13.9 Å². The van der Waals surface area contributed by atoms with Crippen molar-refractivity contribution in [2.24, 2.45) is 0 Å². The molecule has 2 rings (SSSR count). The Bertz CT molecular complexity index is 666. The Labute approximate surface area is 131 Å². The molecule has 0 heterocycles. The molecule has 0 aromatic heterocycles. The zero-order chi connectivity index (χ0) is 15.2. The maximum atomic E-state index is 12.7. The van der Waals surface area contributed by atoms with Gasteiger partial charge in [-0.1, -0.05) is 41.4 Å². The summed E-state index contributed by atoms with van der Waals surface area (Å²) in [6.45, 7) is 0.0881. The lowest BCUT2D eigenvalue weighted by Crippen LogP contribution is -2.00. The van der Waals surface area contributed by atoms with E-state index in [2.05, 4.69) is 0 Å². The van der Waals surface area contributed by atoms with Gasteiger partial charge in [0.2, 0.25) is 0 Å². The van der Waals surface area contributed by atoms with Crippen LogP contribution in [0.25, 0.3) is 6.08 Å². The van der Waals surface area contributed by atoms with Crippen LogP contribution >= 0.6 is 23.2 Å². The standard InChI is InChI=1S/C16H11Cl2FO2/c17-14-7-3-11(9-15(14)18)4-8-16(20)21-10-12-1-5-13(19)6-2-12/h1-9H,10H2/b8-4+. The highest BCUT2D eigenvalue weighted by atomic mass is 35.5. The monoisotopic (exact) mass is 324 g/mol. The van der Waals surface area contributed by atoms with Crippen LogP contribution in [0.15, 0.2) is 48.5 Å². The molecule has 108 valence electrons. The average Bonchev–Trinajstić information content (AvgIpc) is 2.48. The van der Waals surface area contributed by atoms with Gasteiger partial charge in [-0.05, 0) is 41.5 Å². The van der Waals surface area contributed by atoms with Gasteiger partial charge in [0.15, 0.2) is 0 Å². The Morgan fingerprint density at radius 2 is 1.81 bits per heavy atom. The van der Waals surface area contributed by atoms with Gasteiger partial charge in [0.1, 0.15) is 12.4 Å². The Kier molecular flexibility index (Phi) is 5.37. The predicted octanol–water partition coefficient (Wildman–Crippen LogP) is 4.89. The van der Waals surface area contributed by atoms with Crippen molar-refractivity contribution in [1.29, 1.82) is 0 Å². The third-order valence-corrected chi connectivity index (χ3v) is 3.39. The molecule has 0 aliphatic rings. The largest absolute Gasteiger partial charge is 0.458 e. The van der Waals surface area contributed by atoms with Gasteiger partial charge in [-0.3, -0.25) is 0 Å². The van der Waals surface area contributed by atoms with Crippen LogP contribution in [0.3, 0.4) is 0 Å². The van der Waals surface area contributed by atoms with Gasteiger partial charge in [-0.25, -0.2) is 9.18 Å². The highest BCUT2D eigenvalue weighted by Gasteiger charge is 2.01. The molecular weight excluding hydrogens is 314 g/mol. The molecule has 0 saturated carbocycles. The molecule has 2 aromatic carbocycles. The summed E-state index contributed by atoms with van der Waals surface area (Å²) in [5.41, 5.74) is 1.45. The second kappa shape index (κ2) is 7.25. The van der Waals surface area contributed by atoms with Crippen LogP contribution in [-0.4, -0.2) is 5.97 Å². The lowest BCUT2D eigenvalue weighted by Gasteiger charge is -2.02. The van der Waals surface area contributed by atoms with E-state index < -0.39 is 5.97 Å². The molecule has 0 atom stereocenters. The van der Waals surface area contributed by atoms with E-state index in [4.69, 9.17) is 27.9 Å². The molecule has 2 aromatic rings. The van der Waals surface area contributed by atoms with Crippen molar-refractivity contribution in [2.45, 2.75) is 6.61 Å². The van der Waals surface area contributed by atoms with Gasteiger partial charge in [0, 0.05) is 6.08 Å². The second-order valence-corrected chi connectivity index (χ2v) is 5.06. The summed E-state index contributed by atoms with van der Waals surface area (Å²) in [5, 5.41) is 0.867. The van der Waals surface area contributed by atoms with Crippen molar-refractivity contribution in [3.8, 4) is 0 Å². The SMILES string of the molecule is O=C(/C=C/c1ccc(Cl)c(Cl)c1)OCc1ccc(F)cc1. The van der Waals surface area contributed by atoms with E-state index >= 15 is 0 Å². The first kappa shape index (κ1) is 15.5. The van der Waals surface area contributed by atoms with Gasteiger partial charge in [-0.2, -0.15) is 0 Å². The summed E-state index contributed by atoms with van der Waals surface area (Å²) in [6, 6.07) is 10.8. The van der Waals surface area contributed by atoms with Crippen LogP contribution in [0, 0.1) is 5.82 Å². The minimum Gasteiger partial charge on any atom is -0.458 e. The fourth-order valence-corrected chi connectivity index (χ4v) is 1.87. The van der Waals surface area contributed by atoms with Gasteiger partial charge in [0.25, 0.3) is 0 Å². The number of esters is 1. The number of hydrogen-bond donors (Lipinski definition) is 0. The van der Waals surface area contributed by atoms with Crippen LogP contribution in [0.5, 0.6) is 0 Å². The molecule has 0 bridgehead atoms. The lowest BCUT2D eigenvalue weighted by molar-refractivity contribution is -0.138. The van der Waals surface area contributed by atoms with Gasteiger partial charge < -0.3 is 4.74 Å². The smallest absolute Gasteiger partial charge is 0.331 e. The van der Waals surface area contributed by atoms with E-state index in [9.17, 15) is 9.18 Å². The normalized spacial score (nSPS) is 10.8. The van der Waals surface area contributed by atoms with E-state index in [-0.39, 0.29) is 12.4 Å². The fourth-order valence-electron chi connectivity index (χ4n) is 1.56. The zero-order valence-electron chi connectivity index (χ0n) is 10.9. The molecule has 21 heavy (non-hydrogen) atoms. The second-order valence-electron chi connectivity index (χ2n) is 4.24. The molecule has 5 heteroatoms. The number of rotatable bonds is 4. The highest BCUT2D eigenvalue weighted by molar-refractivity contribution is 6.42. The zero-order valence-corrected chi connectivity index (χ0v) is 12.4. The summed E-state index contributed by atoms with van der Waals surface area (Å²) in [5.74, 6) is -0.824. The Hall–Kier alpha value is -1.84. The number of carbonyl (C=O) groups excluding carboxylic acids is 1. The Balaban J connectivity index is 1.90. The molecule has 0 fully saturated rings. The minimum atomic E-state index is -0.495. The lowest BCUT2D eigenvalue weighted by atomic mass is 10.2. The number of hydrogen-bond acceptors (Lipinski definition) is 2. The summed E-state index contributed by atoms with van der Waals surface area (Å²) in [7, 11) is 0. The molecule has 0 N–H and O–H groups in total.